The van der Waals surface area contributed by atoms with Crippen LogP contribution in [0.5, 0.6) is 5.75 Å². The molecule has 0 saturated carbocycles. The molecule has 0 unspecified atom stereocenters. The van der Waals surface area contributed by atoms with Gasteiger partial charge in [0.1, 0.15) is 18.0 Å². The van der Waals surface area contributed by atoms with Gasteiger partial charge in [-0.2, -0.15) is 0 Å². The number of hydrogen-bond acceptors (Lipinski definition) is 11. The van der Waals surface area contributed by atoms with Crippen molar-refractivity contribution >= 4 is 22.9 Å². The third-order valence-electron chi connectivity index (χ3n) is 5.81. The molecule has 1 aliphatic heterocycles. The molecule has 4 atom stereocenters. The van der Waals surface area contributed by atoms with Gasteiger partial charge >= 0.3 is 0 Å². The van der Waals surface area contributed by atoms with Crippen LogP contribution in [0.25, 0.3) is 22.6 Å². The van der Waals surface area contributed by atoms with Gasteiger partial charge in [-0.15, -0.1) is 0 Å². The van der Waals surface area contributed by atoms with Crippen molar-refractivity contribution in [2.75, 3.05) is 19.5 Å². The Kier molecular flexibility index (Phi) is 6.41. The Bertz CT molecular complexity index is 1380. The predicted octanol–water partition coefficient (Wildman–Crippen LogP) is 0.269. The number of aliphatic hydroxyl groups is 2. The summed E-state index contributed by atoms with van der Waals surface area (Å²) in [6, 6.07) is 7.33. The third kappa shape index (κ3) is 4.30. The van der Waals surface area contributed by atoms with Gasteiger partial charge in [-0.25, -0.2) is 15.0 Å². The van der Waals surface area contributed by atoms with Crippen molar-refractivity contribution in [1.29, 1.82) is 0 Å². The van der Waals surface area contributed by atoms with Crippen LogP contribution in [0.15, 0.2) is 49.2 Å². The molecule has 0 aromatic carbocycles. The Labute approximate surface area is 205 Å². The van der Waals surface area contributed by atoms with E-state index in [2.05, 4.69) is 35.6 Å². The van der Waals surface area contributed by atoms with Crippen molar-refractivity contribution in [3.05, 3.63) is 54.9 Å². The van der Waals surface area contributed by atoms with Gasteiger partial charge in [0, 0.05) is 25.0 Å². The maximum atomic E-state index is 12.1. The van der Waals surface area contributed by atoms with Gasteiger partial charge in [-0.05, 0) is 18.2 Å². The average molecular weight is 492 g/mol. The number of fused-ring (bicyclic) bond motifs is 1. The van der Waals surface area contributed by atoms with Gasteiger partial charge in [-0.1, -0.05) is 6.07 Å². The molecule has 186 valence electrons. The Morgan fingerprint density at radius 2 is 2.06 bits per heavy atom. The number of carbonyl (C=O) groups excluding carboxylic acids is 1. The number of nitrogens with zero attached hydrogens (tertiary/aromatic N) is 6. The minimum atomic E-state index is -1.43. The van der Waals surface area contributed by atoms with E-state index >= 15 is 0 Å². The van der Waals surface area contributed by atoms with Gasteiger partial charge in [0.25, 0.3) is 5.91 Å². The Balaban J connectivity index is 1.59. The molecule has 1 saturated heterocycles. The van der Waals surface area contributed by atoms with Gasteiger partial charge in [0.05, 0.1) is 31.9 Å². The number of aliphatic hydroxyl groups excluding tert-OH is 2. The molecule has 13 heteroatoms. The SMILES string of the molecule is CNC(=O)[C@H]1O[C@@H](n2cnc3c(NCc4ccccn4)nc(-c4cncc(OC)c4)nc32)[C@H](O)[C@@H]1O. The molecule has 5 rings (SSSR count). The lowest BCUT2D eigenvalue weighted by Gasteiger charge is -2.17. The Morgan fingerprint density at radius 3 is 2.81 bits per heavy atom. The summed E-state index contributed by atoms with van der Waals surface area (Å²) in [6.45, 7) is 0.371. The molecule has 0 aliphatic carbocycles. The molecule has 0 radical (unpaired) electrons. The number of methoxy groups -OCH3 is 1. The third-order valence-corrected chi connectivity index (χ3v) is 5.81. The van der Waals surface area contributed by atoms with E-state index in [0.29, 0.717) is 40.7 Å². The van der Waals surface area contributed by atoms with Gasteiger partial charge in [-0.3, -0.25) is 19.3 Å². The number of hydrogen-bond donors (Lipinski definition) is 4. The molecule has 36 heavy (non-hydrogen) atoms. The number of pyridine rings is 2. The smallest absolute Gasteiger partial charge is 0.251 e. The normalized spacial score (nSPS) is 21.4. The van der Waals surface area contributed by atoms with Crippen LogP contribution in [0.4, 0.5) is 5.82 Å². The van der Waals surface area contributed by atoms with Crippen LogP contribution < -0.4 is 15.4 Å². The second-order valence-electron chi connectivity index (χ2n) is 8.05. The van der Waals surface area contributed by atoms with E-state index in [4.69, 9.17) is 9.47 Å². The van der Waals surface area contributed by atoms with E-state index in [1.54, 1.807) is 24.7 Å². The molecule has 4 aromatic heterocycles. The summed E-state index contributed by atoms with van der Waals surface area (Å²) in [7, 11) is 2.96. The zero-order chi connectivity index (χ0) is 25.2. The molecule has 4 N–H and O–H groups in total. The Morgan fingerprint density at radius 1 is 1.19 bits per heavy atom. The van der Waals surface area contributed by atoms with Crippen LogP contribution >= 0.6 is 0 Å². The van der Waals surface area contributed by atoms with Crippen molar-refractivity contribution in [1.82, 2.24) is 34.8 Å². The van der Waals surface area contributed by atoms with Crippen molar-refractivity contribution in [2.45, 2.75) is 31.1 Å². The maximum absolute atomic E-state index is 12.1. The van der Waals surface area contributed by atoms with Crippen LogP contribution in [-0.2, 0) is 16.1 Å². The number of carbonyl (C=O) groups is 1. The molecule has 0 bridgehead atoms. The first kappa shape index (κ1) is 23.5. The van der Waals surface area contributed by atoms with Gasteiger partial charge in [0.15, 0.2) is 35.1 Å². The van der Waals surface area contributed by atoms with Crippen LogP contribution in [0.2, 0.25) is 0 Å². The molecular formula is C23H24N8O5. The molecule has 0 spiro atoms. The van der Waals surface area contributed by atoms with Gasteiger partial charge < -0.3 is 30.3 Å². The minimum absolute atomic E-state index is 0.315. The average Bonchev–Trinajstić information content (AvgIpc) is 3.48. The molecule has 1 aliphatic rings. The summed E-state index contributed by atoms with van der Waals surface area (Å²) >= 11 is 0. The van der Waals surface area contributed by atoms with E-state index in [1.165, 1.54) is 25.1 Å². The number of rotatable bonds is 7. The molecule has 1 amide bonds. The summed E-state index contributed by atoms with van der Waals surface area (Å²) in [5.74, 6) is 0.705. The van der Waals surface area contributed by atoms with Crippen molar-refractivity contribution in [3.63, 3.8) is 0 Å². The summed E-state index contributed by atoms with van der Waals surface area (Å²) in [6.07, 6.45) is 1.09. The highest BCUT2D eigenvalue weighted by Crippen LogP contribution is 2.34. The van der Waals surface area contributed by atoms with E-state index in [-0.39, 0.29) is 0 Å². The number of amides is 1. The van der Waals surface area contributed by atoms with E-state index in [9.17, 15) is 15.0 Å². The fourth-order valence-electron chi connectivity index (χ4n) is 3.93. The first-order chi connectivity index (χ1) is 17.5. The lowest BCUT2D eigenvalue weighted by atomic mass is 10.1. The first-order valence-electron chi connectivity index (χ1n) is 11.1. The number of anilines is 1. The predicted molar refractivity (Wildman–Crippen MR) is 127 cm³/mol. The van der Waals surface area contributed by atoms with Gasteiger partial charge in [0.2, 0.25) is 0 Å². The van der Waals surface area contributed by atoms with Crippen LogP contribution in [-0.4, -0.2) is 78.1 Å². The molecular weight excluding hydrogens is 468 g/mol. The standard InChI is InChI=1S/C23H24N8O5/c1-24-22(34)18-16(32)17(33)23(36-18)31-11-28-15-20(27-9-13-5-3-4-6-26-13)29-19(30-21(15)31)12-7-14(35-2)10-25-8-12/h3-8,10-11,16-18,23,32-33H,9H2,1-2H3,(H,24,34)(H,27,29,30)/t16-,17+,18-,23+/m0/s1. The molecule has 1 fully saturated rings. The first-order valence-corrected chi connectivity index (χ1v) is 11.1. The lowest BCUT2D eigenvalue weighted by Crippen LogP contribution is -2.41. The number of ether oxygens (including phenoxy) is 2. The largest absolute Gasteiger partial charge is 0.495 e. The summed E-state index contributed by atoms with van der Waals surface area (Å²) in [5.41, 5.74) is 2.10. The zero-order valence-corrected chi connectivity index (χ0v) is 19.4. The van der Waals surface area contributed by atoms with E-state index < -0.39 is 30.4 Å². The molecule has 4 aromatic rings. The number of aromatic nitrogens is 6. The molecule has 13 nitrogen and oxygen atoms in total. The second-order valence-corrected chi connectivity index (χ2v) is 8.05. The number of nitrogens with one attached hydrogen (secondary N) is 2. The zero-order valence-electron chi connectivity index (χ0n) is 19.4. The second kappa shape index (κ2) is 9.81. The van der Waals surface area contributed by atoms with Crippen molar-refractivity contribution < 1.29 is 24.5 Å². The highest BCUT2D eigenvalue weighted by atomic mass is 16.6. The minimum Gasteiger partial charge on any atom is -0.495 e. The summed E-state index contributed by atoms with van der Waals surface area (Å²) in [5, 5.41) is 26.8. The quantitative estimate of drug-likeness (QED) is 0.279. The highest BCUT2D eigenvalue weighted by molar-refractivity contribution is 5.85. The van der Waals surface area contributed by atoms with Crippen LogP contribution in [0.1, 0.15) is 11.9 Å². The maximum Gasteiger partial charge on any atom is 0.251 e. The Hall–Kier alpha value is -4.20. The number of imidazole rings is 1. The van der Waals surface area contributed by atoms with Crippen LogP contribution in [0.3, 0.4) is 0 Å². The topological polar surface area (TPSA) is 169 Å². The van der Waals surface area contributed by atoms with Crippen molar-refractivity contribution in [2.24, 2.45) is 0 Å². The monoisotopic (exact) mass is 492 g/mol. The van der Waals surface area contributed by atoms with Crippen LogP contribution in [0, 0.1) is 0 Å². The fraction of sp³-hybridized carbons (Fsp3) is 0.304. The fourth-order valence-corrected chi connectivity index (χ4v) is 3.93. The summed E-state index contributed by atoms with van der Waals surface area (Å²) in [4.78, 5) is 34.4. The number of likely N-dealkylation sites (N-methyl/N-ethyl adjacent to an activating group) is 1. The van der Waals surface area contributed by atoms with E-state index in [1.807, 2.05) is 18.2 Å². The lowest BCUT2D eigenvalue weighted by molar-refractivity contribution is -0.137. The summed E-state index contributed by atoms with van der Waals surface area (Å²) < 4.78 is 12.5. The molecule has 5 heterocycles. The van der Waals surface area contributed by atoms with E-state index in [0.717, 1.165) is 5.69 Å². The highest BCUT2D eigenvalue weighted by Gasteiger charge is 2.47. The van der Waals surface area contributed by atoms with Crippen molar-refractivity contribution in [3.8, 4) is 17.1 Å².